The van der Waals surface area contributed by atoms with Gasteiger partial charge in [-0.3, -0.25) is 0 Å². The predicted molar refractivity (Wildman–Crippen MR) is 36.4 cm³/mol. The molecular formula is C3H11N2O4P. The van der Waals surface area contributed by atoms with E-state index in [9.17, 15) is 4.57 Å². The second-order valence-electron chi connectivity index (χ2n) is 1.22. The summed E-state index contributed by atoms with van der Waals surface area (Å²) >= 11 is 0. The molecule has 10 heavy (non-hydrogen) atoms. The molecule has 62 valence electrons. The minimum absolute atomic E-state index is 0. The predicted octanol–water partition coefficient (Wildman–Crippen LogP) is -0.0517. The summed E-state index contributed by atoms with van der Waals surface area (Å²) in [7, 11) is -4.35. The Morgan fingerprint density at radius 3 is 2.50 bits per heavy atom. The zero-order valence-electron chi connectivity index (χ0n) is 5.36. The van der Waals surface area contributed by atoms with E-state index in [2.05, 4.69) is 11.2 Å². The lowest BCUT2D eigenvalue weighted by molar-refractivity contribution is 0.132. The lowest BCUT2D eigenvalue weighted by Crippen LogP contribution is -2.11. The van der Waals surface area contributed by atoms with Gasteiger partial charge in [0.05, 0.1) is 0 Å². The van der Waals surface area contributed by atoms with Crippen molar-refractivity contribution in [3.8, 4) is 0 Å². The van der Waals surface area contributed by atoms with Crippen LogP contribution < -0.4 is 11.6 Å². The zero-order chi connectivity index (χ0) is 7.33. The third kappa shape index (κ3) is 10.7. The summed E-state index contributed by atoms with van der Waals surface area (Å²) in [6.07, 6.45) is 1.41. The lowest BCUT2D eigenvalue weighted by Gasteiger charge is -2.02. The van der Waals surface area contributed by atoms with Crippen LogP contribution in [0.15, 0.2) is 12.7 Å². The van der Waals surface area contributed by atoms with Crippen LogP contribution >= 0.6 is 7.82 Å². The fourth-order valence-corrected chi connectivity index (χ4v) is 0.423. The Kier molecular flexibility index (Phi) is 6.90. The molecule has 0 radical (unpaired) electrons. The maximum absolute atomic E-state index is 9.88. The highest BCUT2D eigenvalue weighted by Crippen LogP contribution is 2.33. The van der Waals surface area contributed by atoms with Crippen molar-refractivity contribution in [3.05, 3.63) is 12.7 Å². The van der Waals surface area contributed by atoms with Gasteiger partial charge < -0.3 is 15.9 Å². The number of hydroxylamine groups is 1. The van der Waals surface area contributed by atoms with Crippen LogP contribution in [0, 0.1) is 0 Å². The molecule has 0 bridgehead atoms. The van der Waals surface area contributed by atoms with Crippen molar-refractivity contribution in [2.75, 3.05) is 6.54 Å². The standard InChI is InChI=1S/C3H8NO4P.H3N/c1-2-3-4-8-9(5,6)7;/h2,4H,1,3H2,(H2,5,6,7);1H3. The van der Waals surface area contributed by atoms with Crippen molar-refractivity contribution in [1.29, 1.82) is 0 Å². The molecule has 0 aliphatic carbocycles. The second-order valence-corrected chi connectivity index (χ2v) is 2.38. The first-order valence-corrected chi connectivity index (χ1v) is 3.67. The zero-order valence-corrected chi connectivity index (χ0v) is 6.25. The molecule has 0 atom stereocenters. The summed E-state index contributed by atoms with van der Waals surface area (Å²) < 4.78 is 13.7. The summed E-state index contributed by atoms with van der Waals surface area (Å²) in [4.78, 5) is 16.1. The monoisotopic (exact) mass is 170 g/mol. The van der Waals surface area contributed by atoms with Crippen LogP contribution in [0.2, 0.25) is 0 Å². The Labute approximate surface area is 58.7 Å². The Hall–Kier alpha value is -0.230. The number of rotatable bonds is 4. The third-order valence-electron chi connectivity index (χ3n) is 0.411. The van der Waals surface area contributed by atoms with Gasteiger partial charge >= 0.3 is 7.82 Å². The molecule has 0 spiro atoms. The van der Waals surface area contributed by atoms with Crippen LogP contribution in [-0.4, -0.2) is 16.3 Å². The molecule has 7 heteroatoms. The molecule has 0 fully saturated rings. The van der Waals surface area contributed by atoms with E-state index in [-0.39, 0.29) is 12.7 Å². The number of hydrogen-bond donors (Lipinski definition) is 4. The van der Waals surface area contributed by atoms with E-state index in [4.69, 9.17) is 9.79 Å². The Bertz CT molecular complexity index is 132. The van der Waals surface area contributed by atoms with Gasteiger partial charge in [-0.05, 0) is 0 Å². The average molecular weight is 170 g/mol. The van der Waals surface area contributed by atoms with Gasteiger partial charge in [-0.2, -0.15) is 10.1 Å². The van der Waals surface area contributed by atoms with E-state index in [0.717, 1.165) is 0 Å². The molecule has 0 amide bonds. The molecule has 0 saturated carbocycles. The SMILES string of the molecule is C=CCNOP(=O)(O)O.N. The van der Waals surface area contributed by atoms with Crippen molar-refractivity contribution < 1.29 is 19.0 Å². The summed E-state index contributed by atoms with van der Waals surface area (Å²) in [6.45, 7) is 3.48. The quantitative estimate of drug-likeness (QED) is 0.203. The van der Waals surface area contributed by atoms with Crippen LogP contribution in [0.3, 0.4) is 0 Å². The van der Waals surface area contributed by atoms with Crippen LogP contribution in [0.4, 0.5) is 0 Å². The molecule has 0 heterocycles. The van der Waals surface area contributed by atoms with Crippen molar-refractivity contribution in [3.63, 3.8) is 0 Å². The molecule has 0 aliphatic rings. The highest BCUT2D eigenvalue weighted by atomic mass is 31.2. The molecule has 6 nitrogen and oxygen atoms in total. The van der Waals surface area contributed by atoms with E-state index in [0.29, 0.717) is 0 Å². The highest BCUT2D eigenvalue weighted by Gasteiger charge is 2.12. The smallest absolute Gasteiger partial charge is 0.344 e. The van der Waals surface area contributed by atoms with Gasteiger partial charge in [0.15, 0.2) is 0 Å². The van der Waals surface area contributed by atoms with Crippen LogP contribution in [0.25, 0.3) is 0 Å². The molecule has 0 rings (SSSR count). The lowest BCUT2D eigenvalue weighted by atomic mass is 10.7. The summed E-state index contributed by atoms with van der Waals surface area (Å²) in [5, 5.41) is 0. The van der Waals surface area contributed by atoms with Crippen molar-refractivity contribution in [2.45, 2.75) is 0 Å². The Balaban J connectivity index is 0. The van der Waals surface area contributed by atoms with Crippen LogP contribution in [0.5, 0.6) is 0 Å². The van der Waals surface area contributed by atoms with Gasteiger partial charge in [-0.15, -0.1) is 6.58 Å². The number of nitrogens with one attached hydrogen (secondary N) is 1. The molecule has 0 aliphatic heterocycles. The van der Waals surface area contributed by atoms with Gasteiger partial charge in [-0.1, -0.05) is 6.08 Å². The highest BCUT2D eigenvalue weighted by molar-refractivity contribution is 7.46. The van der Waals surface area contributed by atoms with Crippen molar-refractivity contribution in [1.82, 2.24) is 11.6 Å². The number of hydrogen-bond acceptors (Lipinski definition) is 4. The maximum Gasteiger partial charge on any atom is 0.486 e. The molecule has 0 aromatic heterocycles. The van der Waals surface area contributed by atoms with E-state index >= 15 is 0 Å². The first-order valence-electron chi connectivity index (χ1n) is 2.14. The molecule has 0 saturated heterocycles. The van der Waals surface area contributed by atoms with Gasteiger partial charge in [0, 0.05) is 6.54 Å². The van der Waals surface area contributed by atoms with Crippen molar-refractivity contribution in [2.24, 2.45) is 0 Å². The van der Waals surface area contributed by atoms with Gasteiger partial charge in [0.25, 0.3) is 0 Å². The van der Waals surface area contributed by atoms with Gasteiger partial charge in [0.1, 0.15) is 0 Å². The average Bonchev–Trinajstić information content (AvgIpc) is 1.63. The van der Waals surface area contributed by atoms with Crippen molar-refractivity contribution >= 4 is 7.82 Å². The molecule has 0 aromatic carbocycles. The summed E-state index contributed by atoms with van der Waals surface area (Å²) in [5.74, 6) is 0. The molecule has 0 aromatic rings. The number of phosphoric acid groups is 1. The Morgan fingerprint density at radius 2 is 2.20 bits per heavy atom. The minimum Gasteiger partial charge on any atom is -0.344 e. The van der Waals surface area contributed by atoms with E-state index in [1.54, 1.807) is 0 Å². The summed E-state index contributed by atoms with van der Waals surface area (Å²) in [6, 6.07) is 0. The minimum atomic E-state index is -4.35. The Morgan fingerprint density at radius 1 is 1.70 bits per heavy atom. The largest absolute Gasteiger partial charge is 0.486 e. The van der Waals surface area contributed by atoms with Crippen LogP contribution in [0.1, 0.15) is 0 Å². The first-order chi connectivity index (χ1) is 4.06. The van der Waals surface area contributed by atoms with E-state index in [1.165, 1.54) is 6.08 Å². The van der Waals surface area contributed by atoms with E-state index < -0.39 is 7.82 Å². The van der Waals surface area contributed by atoms with E-state index in [1.807, 2.05) is 5.48 Å². The fourth-order valence-electron chi connectivity index (χ4n) is 0.180. The molecule has 0 unspecified atom stereocenters. The van der Waals surface area contributed by atoms with Crippen LogP contribution in [-0.2, 0) is 9.19 Å². The summed E-state index contributed by atoms with van der Waals surface area (Å²) in [5.41, 5.74) is 1.99. The maximum atomic E-state index is 9.88. The molecule has 6 N–H and O–H groups in total. The topological polar surface area (TPSA) is 114 Å². The normalized spacial score (nSPS) is 10.2. The van der Waals surface area contributed by atoms with Gasteiger partial charge in [0.2, 0.25) is 0 Å². The molecular weight excluding hydrogens is 159 g/mol. The third-order valence-corrected chi connectivity index (χ3v) is 0.778. The first kappa shape index (κ1) is 12.4. The fraction of sp³-hybridized carbons (Fsp3) is 0.333. The van der Waals surface area contributed by atoms with Gasteiger partial charge in [-0.25, -0.2) is 4.57 Å². The second kappa shape index (κ2) is 5.55.